The number of halogens is 1. The molecule has 94 valence electrons. The van der Waals surface area contributed by atoms with Gasteiger partial charge < -0.3 is 14.9 Å². The molecule has 0 spiro atoms. The molecule has 0 bridgehead atoms. The van der Waals surface area contributed by atoms with E-state index in [1.165, 1.54) is 0 Å². The van der Waals surface area contributed by atoms with E-state index in [1.54, 1.807) is 0 Å². The molecular formula is C13H19ClN2O. The number of hydrogen-bond donors (Lipinski definition) is 1. The van der Waals surface area contributed by atoms with Gasteiger partial charge in [-0.05, 0) is 18.7 Å². The summed E-state index contributed by atoms with van der Waals surface area (Å²) in [6.07, 6.45) is 0. The summed E-state index contributed by atoms with van der Waals surface area (Å²) in [5.41, 5.74) is 1.93. The van der Waals surface area contributed by atoms with Gasteiger partial charge in [0.15, 0.2) is 0 Å². The number of benzene rings is 1. The first kappa shape index (κ1) is 12.7. The molecule has 1 saturated heterocycles. The van der Waals surface area contributed by atoms with Crippen molar-refractivity contribution >= 4 is 17.3 Å². The van der Waals surface area contributed by atoms with Gasteiger partial charge in [0.25, 0.3) is 0 Å². The fourth-order valence-electron chi connectivity index (χ4n) is 2.31. The van der Waals surface area contributed by atoms with E-state index in [1.807, 2.05) is 18.2 Å². The topological polar surface area (TPSA) is 26.7 Å². The molecule has 0 aromatic heterocycles. The highest BCUT2D eigenvalue weighted by molar-refractivity contribution is 6.31. The normalized spacial score (nSPS) is 17.5. The first-order valence-corrected chi connectivity index (χ1v) is 6.49. The van der Waals surface area contributed by atoms with Crippen molar-refractivity contribution in [2.75, 3.05) is 37.6 Å². The van der Waals surface area contributed by atoms with Gasteiger partial charge in [0.05, 0.1) is 6.61 Å². The quantitative estimate of drug-likeness (QED) is 0.894. The Bertz CT molecular complexity index is 376. The summed E-state index contributed by atoms with van der Waals surface area (Å²) in [5, 5.41) is 10.1. The third kappa shape index (κ3) is 2.73. The van der Waals surface area contributed by atoms with Gasteiger partial charge >= 0.3 is 0 Å². The minimum Gasteiger partial charge on any atom is -0.392 e. The lowest BCUT2D eigenvalue weighted by molar-refractivity contribution is 0.267. The van der Waals surface area contributed by atoms with Crippen LogP contribution in [0.3, 0.4) is 0 Å². The van der Waals surface area contributed by atoms with Crippen molar-refractivity contribution in [1.29, 1.82) is 0 Å². The Morgan fingerprint density at radius 1 is 1.24 bits per heavy atom. The summed E-state index contributed by atoms with van der Waals surface area (Å²) in [5.74, 6) is 0. The molecular weight excluding hydrogens is 236 g/mol. The van der Waals surface area contributed by atoms with Gasteiger partial charge in [0.2, 0.25) is 0 Å². The lowest BCUT2D eigenvalue weighted by atomic mass is 10.1. The van der Waals surface area contributed by atoms with Crippen LogP contribution in [0.1, 0.15) is 12.5 Å². The molecule has 1 aliphatic rings. The summed E-state index contributed by atoms with van der Waals surface area (Å²) in [4.78, 5) is 4.74. The maximum atomic E-state index is 9.41. The highest BCUT2D eigenvalue weighted by Gasteiger charge is 2.18. The molecule has 17 heavy (non-hydrogen) atoms. The second-order valence-corrected chi connectivity index (χ2v) is 4.72. The van der Waals surface area contributed by atoms with Crippen LogP contribution in [0.5, 0.6) is 0 Å². The van der Waals surface area contributed by atoms with Crippen LogP contribution in [0.15, 0.2) is 18.2 Å². The minimum absolute atomic E-state index is 0.00297. The van der Waals surface area contributed by atoms with Crippen molar-refractivity contribution in [1.82, 2.24) is 4.90 Å². The van der Waals surface area contributed by atoms with E-state index in [9.17, 15) is 5.11 Å². The van der Waals surface area contributed by atoms with E-state index in [2.05, 4.69) is 16.7 Å². The van der Waals surface area contributed by atoms with E-state index >= 15 is 0 Å². The molecule has 0 amide bonds. The van der Waals surface area contributed by atoms with E-state index < -0.39 is 0 Å². The zero-order valence-corrected chi connectivity index (χ0v) is 11.0. The summed E-state index contributed by atoms with van der Waals surface area (Å²) >= 11 is 6.11. The number of aliphatic hydroxyl groups is 1. The zero-order valence-electron chi connectivity index (χ0n) is 10.2. The van der Waals surface area contributed by atoms with Crippen molar-refractivity contribution in [3.63, 3.8) is 0 Å². The Morgan fingerprint density at radius 3 is 2.53 bits per heavy atom. The Hall–Kier alpha value is -0.770. The molecule has 0 atom stereocenters. The van der Waals surface area contributed by atoms with Crippen LogP contribution in [0.4, 0.5) is 5.69 Å². The SMILES string of the molecule is CCN1CCN(c2cccc(Cl)c2CO)CC1. The largest absolute Gasteiger partial charge is 0.392 e. The van der Waals surface area contributed by atoms with Gasteiger partial charge in [-0.25, -0.2) is 0 Å². The summed E-state index contributed by atoms with van der Waals surface area (Å²) in [6, 6.07) is 5.82. The van der Waals surface area contributed by atoms with Gasteiger partial charge in [-0.1, -0.05) is 24.6 Å². The molecule has 1 heterocycles. The molecule has 1 fully saturated rings. The van der Waals surface area contributed by atoms with Gasteiger partial charge in [-0.15, -0.1) is 0 Å². The number of likely N-dealkylation sites (N-methyl/N-ethyl adjacent to an activating group) is 1. The second-order valence-electron chi connectivity index (χ2n) is 4.32. The number of aliphatic hydroxyl groups excluding tert-OH is 1. The molecule has 1 aromatic rings. The first-order chi connectivity index (χ1) is 8.26. The number of rotatable bonds is 3. The number of anilines is 1. The molecule has 1 aromatic carbocycles. The fourth-order valence-corrected chi connectivity index (χ4v) is 2.53. The predicted molar refractivity (Wildman–Crippen MR) is 71.7 cm³/mol. The van der Waals surface area contributed by atoms with Crippen molar-refractivity contribution in [2.45, 2.75) is 13.5 Å². The van der Waals surface area contributed by atoms with Crippen molar-refractivity contribution in [2.24, 2.45) is 0 Å². The smallest absolute Gasteiger partial charge is 0.0716 e. The maximum absolute atomic E-state index is 9.41. The number of piperazine rings is 1. The molecule has 0 aliphatic carbocycles. The molecule has 0 unspecified atom stereocenters. The maximum Gasteiger partial charge on any atom is 0.0716 e. The molecule has 0 radical (unpaired) electrons. The first-order valence-electron chi connectivity index (χ1n) is 6.11. The monoisotopic (exact) mass is 254 g/mol. The average Bonchev–Trinajstić information content (AvgIpc) is 2.38. The van der Waals surface area contributed by atoms with Gasteiger partial charge in [0.1, 0.15) is 0 Å². The van der Waals surface area contributed by atoms with Crippen molar-refractivity contribution < 1.29 is 5.11 Å². The summed E-state index contributed by atoms with van der Waals surface area (Å²) in [7, 11) is 0. The highest BCUT2D eigenvalue weighted by atomic mass is 35.5. The van der Waals surface area contributed by atoms with Gasteiger partial charge in [-0.3, -0.25) is 0 Å². The molecule has 1 N–H and O–H groups in total. The zero-order chi connectivity index (χ0) is 12.3. The third-order valence-electron chi connectivity index (χ3n) is 3.41. The number of hydrogen-bond acceptors (Lipinski definition) is 3. The average molecular weight is 255 g/mol. The Balaban J connectivity index is 2.15. The molecule has 0 saturated carbocycles. The third-order valence-corrected chi connectivity index (χ3v) is 3.77. The molecule has 3 nitrogen and oxygen atoms in total. The van der Waals surface area contributed by atoms with Crippen LogP contribution in [0.2, 0.25) is 5.02 Å². The lowest BCUT2D eigenvalue weighted by Gasteiger charge is -2.36. The molecule has 4 heteroatoms. The number of nitrogens with zero attached hydrogens (tertiary/aromatic N) is 2. The lowest BCUT2D eigenvalue weighted by Crippen LogP contribution is -2.46. The highest BCUT2D eigenvalue weighted by Crippen LogP contribution is 2.28. The van der Waals surface area contributed by atoms with Crippen LogP contribution in [0.25, 0.3) is 0 Å². The van der Waals surface area contributed by atoms with Crippen molar-refractivity contribution in [3.8, 4) is 0 Å². The van der Waals surface area contributed by atoms with Crippen LogP contribution in [0, 0.1) is 0 Å². The van der Waals surface area contributed by atoms with Crippen LogP contribution < -0.4 is 4.90 Å². The fraction of sp³-hybridized carbons (Fsp3) is 0.538. The van der Waals surface area contributed by atoms with Gasteiger partial charge in [-0.2, -0.15) is 0 Å². The van der Waals surface area contributed by atoms with Crippen LogP contribution >= 0.6 is 11.6 Å². The van der Waals surface area contributed by atoms with E-state index in [0.717, 1.165) is 44.0 Å². The van der Waals surface area contributed by atoms with Crippen LogP contribution in [-0.4, -0.2) is 42.7 Å². The minimum atomic E-state index is 0.00297. The van der Waals surface area contributed by atoms with Crippen LogP contribution in [-0.2, 0) is 6.61 Å². The van der Waals surface area contributed by atoms with E-state index in [-0.39, 0.29) is 6.61 Å². The van der Waals surface area contributed by atoms with Gasteiger partial charge in [0, 0.05) is 42.5 Å². The van der Waals surface area contributed by atoms with Crippen molar-refractivity contribution in [3.05, 3.63) is 28.8 Å². The summed E-state index contributed by atoms with van der Waals surface area (Å²) < 4.78 is 0. The Morgan fingerprint density at radius 2 is 1.94 bits per heavy atom. The van der Waals surface area contributed by atoms with E-state index in [4.69, 9.17) is 11.6 Å². The Labute approximate surface area is 108 Å². The Kier molecular flexibility index (Phi) is 4.26. The predicted octanol–water partition coefficient (Wildman–Crippen LogP) is 1.97. The van der Waals surface area contributed by atoms with E-state index in [0.29, 0.717) is 5.02 Å². The molecule has 1 aliphatic heterocycles. The standard InChI is InChI=1S/C13H19ClN2O/c1-2-15-6-8-16(9-7-15)13-5-3-4-12(14)11(13)10-17/h3-5,17H,2,6-10H2,1H3. The second kappa shape index (κ2) is 5.71. The molecule has 2 rings (SSSR count). The summed E-state index contributed by atoms with van der Waals surface area (Å²) in [6.45, 7) is 7.46.